The van der Waals surface area contributed by atoms with Crippen molar-refractivity contribution in [3.05, 3.63) is 29.8 Å². The van der Waals surface area contributed by atoms with Crippen LogP contribution in [0.4, 0.5) is 5.69 Å². The number of hydrogen-bond acceptors (Lipinski definition) is 2. The number of fused-ring (bicyclic) bond motifs is 2. The molecule has 0 saturated carbocycles. The predicted octanol–water partition coefficient (Wildman–Crippen LogP) is 1.77. The molecular weight excluding hydrogens is 162 g/mol. The average molecular weight is 175 g/mol. The summed E-state index contributed by atoms with van der Waals surface area (Å²) in [5.74, 6) is 0. The maximum absolute atomic E-state index is 5.50. The van der Waals surface area contributed by atoms with Crippen LogP contribution < -0.4 is 5.32 Å². The molecule has 2 aliphatic heterocycles. The summed E-state index contributed by atoms with van der Waals surface area (Å²) < 4.78 is 5.50. The lowest BCUT2D eigenvalue weighted by Gasteiger charge is -2.20. The number of benzene rings is 1. The Balaban J connectivity index is 2.11. The third kappa shape index (κ3) is 0.923. The van der Waals surface area contributed by atoms with E-state index in [2.05, 4.69) is 29.6 Å². The van der Waals surface area contributed by atoms with Gasteiger partial charge in [0.05, 0.1) is 6.61 Å². The number of para-hydroxylation sites is 1. The summed E-state index contributed by atoms with van der Waals surface area (Å²) in [4.78, 5) is 0. The van der Waals surface area contributed by atoms with Gasteiger partial charge in [0.1, 0.15) is 0 Å². The molecule has 0 amide bonds. The van der Waals surface area contributed by atoms with Gasteiger partial charge >= 0.3 is 0 Å². The molecule has 1 N–H and O–H groups in total. The highest BCUT2D eigenvalue weighted by atomic mass is 16.5. The van der Waals surface area contributed by atoms with Crippen molar-refractivity contribution < 1.29 is 4.74 Å². The van der Waals surface area contributed by atoms with E-state index in [0.29, 0.717) is 0 Å². The lowest BCUT2D eigenvalue weighted by Crippen LogP contribution is -2.28. The maximum atomic E-state index is 5.50. The van der Waals surface area contributed by atoms with Crippen molar-refractivity contribution >= 4 is 5.69 Å². The van der Waals surface area contributed by atoms with Crippen molar-refractivity contribution in [3.63, 3.8) is 0 Å². The van der Waals surface area contributed by atoms with Gasteiger partial charge in [-0.15, -0.1) is 0 Å². The topological polar surface area (TPSA) is 21.3 Å². The molecule has 0 aliphatic carbocycles. The van der Waals surface area contributed by atoms with E-state index in [1.54, 1.807) is 0 Å². The predicted molar refractivity (Wildman–Crippen MR) is 52.0 cm³/mol. The number of rotatable bonds is 0. The van der Waals surface area contributed by atoms with E-state index in [9.17, 15) is 0 Å². The molecule has 0 bridgehead atoms. The van der Waals surface area contributed by atoms with Gasteiger partial charge in [-0.1, -0.05) is 18.2 Å². The van der Waals surface area contributed by atoms with Crippen LogP contribution in [0.5, 0.6) is 0 Å². The Morgan fingerprint density at radius 1 is 1.31 bits per heavy atom. The van der Waals surface area contributed by atoms with Crippen molar-refractivity contribution in [3.8, 4) is 0 Å². The Bertz CT molecular complexity index is 329. The molecular formula is C11H13NO. The van der Waals surface area contributed by atoms with E-state index in [4.69, 9.17) is 4.74 Å². The second kappa shape index (κ2) is 2.48. The van der Waals surface area contributed by atoms with Crippen LogP contribution in [0.1, 0.15) is 12.0 Å². The molecule has 0 unspecified atom stereocenters. The molecule has 13 heavy (non-hydrogen) atoms. The fraction of sp³-hybridized carbons (Fsp3) is 0.455. The largest absolute Gasteiger partial charge is 0.384 e. The Hall–Kier alpha value is -1.02. The summed E-state index contributed by atoms with van der Waals surface area (Å²) in [6.45, 7) is 2.85. The SMILES string of the molecule is c1ccc2c(c1)NC[C@]21CCOC1. The quantitative estimate of drug-likeness (QED) is 0.649. The minimum Gasteiger partial charge on any atom is -0.384 e. The van der Waals surface area contributed by atoms with Gasteiger partial charge in [0.15, 0.2) is 0 Å². The Morgan fingerprint density at radius 2 is 2.23 bits per heavy atom. The van der Waals surface area contributed by atoms with Gasteiger partial charge in [0.25, 0.3) is 0 Å². The molecule has 0 radical (unpaired) electrons. The fourth-order valence-corrected chi connectivity index (χ4v) is 2.42. The number of hydrogen-bond donors (Lipinski definition) is 1. The highest BCUT2D eigenvalue weighted by Crippen LogP contribution is 2.41. The van der Waals surface area contributed by atoms with Crippen LogP contribution in [0.3, 0.4) is 0 Å². The molecule has 2 heterocycles. The highest BCUT2D eigenvalue weighted by Gasteiger charge is 2.41. The van der Waals surface area contributed by atoms with Crippen LogP contribution in [-0.4, -0.2) is 19.8 Å². The van der Waals surface area contributed by atoms with Gasteiger partial charge in [-0.05, 0) is 18.1 Å². The van der Waals surface area contributed by atoms with E-state index in [-0.39, 0.29) is 5.41 Å². The van der Waals surface area contributed by atoms with Crippen LogP contribution in [0.2, 0.25) is 0 Å². The molecule has 1 spiro atoms. The van der Waals surface area contributed by atoms with Crippen molar-refractivity contribution in [2.75, 3.05) is 25.1 Å². The molecule has 1 atom stereocenters. The van der Waals surface area contributed by atoms with Crippen molar-refractivity contribution in [2.45, 2.75) is 11.8 Å². The minimum atomic E-state index is 0.288. The Labute approximate surface area is 77.9 Å². The highest BCUT2D eigenvalue weighted by molar-refractivity contribution is 5.60. The smallest absolute Gasteiger partial charge is 0.0581 e. The molecule has 0 aromatic heterocycles. The van der Waals surface area contributed by atoms with Gasteiger partial charge in [0, 0.05) is 24.3 Å². The Morgan fingerprint density at radius 3 is 3.08 bits per heavy atom. The fourth-order valence-electron chi connectivity index (χ4n) is 2.42. The van der Waals surface area contributed by atoms with Crippen LogP contribution in [-0.2, 0) is 10.2 Å². The summed E-state index contributed by atoms with van der Waals surface area (Å²) in [6, 6.07) is 8.58. The molecule has 2 aliphatic rings. The van der Waals surface area contributed by atoms with Gasteiger partial charge in [-0.2, -0.15) is 0 Å². The molecule has 1 aromatic carbocycles. The van der Waals surface area contributed by atoms with E-state index < -0.39 is 0 Å². The van der Waals surface area contributed by atoms with E-state index in [1.165, 1.54) is 11.3 Å². The van der Waals surface area contributed by atoms with Gasteiger partial charge in [-0.25, -0.2) is 0 Å². The summed E-state index contributed by atoms with van der Waals surface area (Å²) in [5, 5.41) is 3.45. The third-order valence-corrected chi connectivity index (χ3v) is 3.22. The second-order valence-corrected chi connectivity index (χ2v) is 3.98. The van der Waals surface area contributed by atoms with Gasteiger partial charge < -0.3 is 10.1 Å². The molecule has 68 valence electrons. The number of ether oxygens (including phenoxy) is 1. The first-order valence-electron chi connectivity index (χ1n) is 4.82. The van der Waals surface area contributed by atoms with Crippen LogP contribution in [0.15, 0.2) is 24.3 Å². The molecule has 3 rings (SSSR count). The zero-order chi connectivity index (χ0) is 8.73. The first kappa shape index (κ1) is 7.39. The molecule has 1 fully saturated rings. The minimum absolute atomic E-state index is 0.288. The number of anilines is 1. The van der Waals surface area contributed by atoms with Crippen molar-refractivity contribution in [1.29, 1.82) is 0 Å². The van der Waals surface area contributed by atoms with Crippen LogP contribution >= 0.6 is 0 Å². The summed E-state index contributed by atoms with van der Waals surface area (Å²) in [5.41, 5.74) is 3.04. The van der Waals surface area contributed by atoms with Gasteiger partial charge in [-0.3, -0.25) is 0 Å². The van der Waals surface area contributed by atoms with E-state index in [1.807, 2.05) is 0 Å². The Kier molecular flexibility index (Phi) is 1.41. The molecule has 1 aromatic rings. The summed E-state index contributed by atoms with van der Waals surface area (Å²) >= 11 is 0. The van der Waals surface area contributed by atoms with E-state index in [0.717, 1.165) is 26.2 Å². The first-order chi connectivity index (χ1) is 6.41. The normalized spacial score (nSPS) is 30.5. The standard InChI is InChI=1S/C11H13NO/c1-2-4-10-9(3-1)11(7-12-10)5-6-13-8-11/h1-4,12H,5-8H2/t11-/m0/s1. The second-order valence-electron chi connectivity index (χ2n) is 3.98. The van der Waals surface area contributed by atoms with Gasteiger partial charge in [0.2, 0.25) is 0 Å². The maximum Gasteiger partial charge on any atom is 0.0581 e. The monoisotopic (exact) mass is 175 g/mol. The lowest BCUT2D eigenvalue weighted by molar-refractivity contribution is 0.181. The molecule has 2 nitrogen and oxygen atoms in total. The van der Waals surface area contributed by atoms with Crippen LogP contribution in [0.25, 0.3) is 0 Å². The zero-order valence-corrected chi connectivity index (χ0v) is 7.55. The van der Waals surface area contributed by atoms with Crippen molar-refractivity contribution in [2.24, 2.45) is 0 Å². The zero-order valence-electron chi connectivity index (χ0n) is 7.55. The number of nitrogens with one attached hydrogen (secondary N) is 1. The van der Waals surface area contributed by atoms with E-state index >= 15 is 0 Å². The molecule has 1 saturated heterocycles. The average Bonchev–Trinajstić information content (AvgIpc) is 2.78. The third-order valence-electron chi connectivity index (χ3n) is 3.22. The van der Waals surface area contributed by atoms with Crippen molar-refractivity contribution in [1.82, 2.24) is 0 Å². The van der Waals surface area contributed by atoms with Crippen LogP contribution in [0, 0.1) is 0 Å². The molecule has 2 heteroatoms. The summed E-state index contributed by atoms with van der Waals surface area (Å²) in [6.07, 6.45) is 1.16. The summed E-state index contributed by atoms with van der Waals surface area (Å²) in [7, 11) is 0. The lowest BCUT2D eigenvalue weighted by atomic mass is 9.82. The first-order valence-corrected chi connectivity index (χ1v) is 4.82.